The Kier molecular flexibility index (Phi) is 4.01. The Morgan fingerprint density at radius 3 is 2.50 bits per heavy atom. The summed E-state index contributed by atoms with van der Waals surface area (Å²) in [6, 6.07) is 9.33. The second-order valence-electron chi connectivity index (χ2n) is 4.71. The van der Waals surface area contributed by atoms with Crippen LogP contribution < -0.4 is 10.5 Å². The zero-order valence-corrected chi connectivity index (χ0v) is 11.2. The van der Waals surface area contributed by atoms with E-state index in [2.05, 4.69) is 4.72 Å². The number of nitrogens with one attached hydrogen (secondary N) is 1. The number of benzene rings is 1. The van der Waals surface area contributed by atoms with Gasteiger partial charge in [0.2, 0.25) is 0 Å². The van der Waals surface area contributed by atoms with Crippen molar-refractivity contribution in [1.82, 2.24) is 9.03 Å². The fraction of sp³-hybridized carbons (Fsp3) is 0.500. The van der Waals surface area contributed by atoms with Gasteiger partial charge >= 0.3 is 0 Å². The number of nitrogens with two attached hydrogens (primary N) is 1. The highest BCUT2D eigenvalue weighted by Crippen LogP contribution is 2.19. The fourth-order valence-electron chi connectivity index (χ4n) is 1.88. The van der Waals surface area contributed by atoms with Gasteiger partial charge in [-0.2, -0.15) is 17.4 Å². The van der Waals surface area contributed by atoms with E-state index in [9.17, 15) is 8.42 Å². The maximum atomic E-state index is 12.0. The molecule has 5 nitrogen and oxygen atoms in total. The molecule has 1 fully saturated rings. The quantitative estimate of drug-likeness (QED) is 0.814. The Balaban J connectivity index is 1.97. The second kappa shape index (κ2) is 5.36. The molecule has 0 unspecified atom stereocenters. The summed E-state index contributed by atoms with van der Waals surface area (Å²) in [5.41, 5.74) is 6.70. The predicted molar refractivity (Wildman–Crippen MR) is 71.0 cm³/mol. The van der Waals surface area contributed by atoms with Crippen molar-refractivity contribution in [3.63, 3.8) is 0 Å². The first-order valence-electron chi connectivity index (χ1n) is 6.02. The largest absolute Gasteiger partial charge is 0.326 e. The molecule has 0 saturated heterocycles. The standard InChI is InChI=1S/C12H19N3O2S/c1-15(9-10-5-3-2-4-6-10)18(16,17)14-12-8-7-11(12)13/h2-6,11-12,14H,7-9,13H2,1H3/t11-,12+/m1/s1. The van der Waals surface area contributed by atoms with Crippen molar-refractivity contribution < 1.29 is 8.42 Å². The molecule has 1 aliphatic carbocycles. The maximum Gasteiger partial charge on any atom is 0.279 e. The predicted octanol–water partition coefficient (Wildman–Crippen LogP) is 0.443. The summed E-state index contributed by atoms with van der Waals surface area (Å²) in [5, 5.41) is 0. The van der Waals surface area contributed by atoms with Crippen molar-refractivity contribution in [2.45, 2.75) is 31.5 Å². The number of hydrogen-bond acceptors (Lipinski definition) is 3. The Hall–Kier alpha value is -0.950. The molecule has 0 aromatic heterocycles. The van der Waals surface area contributed by atoms with Crippen molar-refractivity contribution in [1.29, 1.82) is 0 Å². The summed E-state index contributed by atoms with van der Waals surface area (Å²) < 4.78 is 28.0. The topological polar surface area (TPSA) is 75.4 Å². The first-order chi connectivity index (χ1) is 8.49. The van der Waals surface area contributed by atoms with E-state index < -0.39 is 10.2 Å². The number of hydrogen-bond donors (Lipinski definition) is 2. The fourth-order valence-corrected chi connectivity index (χ4v) is 3.05. The van der Waals surface area contributed by atoms with E-state index in [0.29, 0.717) is 6.54 Å². The molecule has 100 valence electrons. The summed E-state index contributed by atoms with van der Waals surface area (Å²) in [7, 11) is -1.88. The van der Waals surface area contributed by atoms with Gasteiger partial charge < -0.3 is 5.73 Å². The average Bonchev–Trinajstić information content (AvgIpc) is 2.35. The van der Waals surface area contributed by atoms with Crippen LogP contribution in [-0.2, 0) is 16.8 Å². The van der Waals surface area contributed by atoms with Gasteiger partial charge in [-0.15, -0.1) is 0 Å². The maximum absolute atomic E-state index is 12.0. The van der Waals surface area contributed by atoms with Crippen LogP contribution in [0.15, 0.2) is 30.3 Å². The molecule has 0 bridgehead atoms. The lowest BCUT2D eigenvalue weighted by molar-refractivity contribution is 0.312. The van der Waals surface area contributed by atoms with E-state index in [1.165, 1.54) is 4.31 Å². The van der Waals surface area contributed by atoms with Crippen LogP contribution in [0.2, 0.25) is 0 Å². The van der Waals surface area contributed by atoms with Crippen LogP contribution in [0.4, 0.5) is 0 Å². The van der Waals surface area contributed by atoms with Crippen molar-refractivity contribution >= 4 is 10.2 Å². The molecular weight excluding hydrogens is 250 g/mol. The lowest BCUT2D eigenvalue weighted by Crippen LogP contribution is -2.56. The first kappa shape index (κ1) is 13.5. The van der Waals surface area contributed by atoms with Gasteiger partial charge in [0.1, 0.15) is 0 Å². The van der Waals surface area contributed by atoms with Crippen LogP contribution in [0.5, 0.6) is 0 Å². The van der Waals surface area contributed by atoms with Gasteiger partial charge in [0.05, 0.1) is 0 Å². The molecule has 0 radical (unpaired) electrons. The van der Waals surface area contributed by atoms with Gasteiger partial charge in [0.25, 0.3) is 10.2 Å². The summed E-state index contributed by atoms with van der Waals surface area (Å²) in [6.07, 6.45) is 1.70. The highest BCUT2D eigenvalue weighted by atomic mass is 32.2. The molecule has 2 rings (SSSR count). The van der Waals surface area contributed by atoms with Crippen LogP contribution in [-0.4, -0.2) is 31.9 Å². The summed E-state index contributed by atoms with van der Waals surface area (Å²) >= 11 is 0. The van der Waals surface area contributed by atoms with Crippen molar-refractivity contribution in [3.8, 4) is 0 Å². The zero-order chi connectivity index (χ0) is 13.2. The van der Waals surface area contributed by atoms with E-state index in [1.54, 1.807) is 7.05 Å². The van der Waals surface area contributed by atoms with Crippen LogP contribution in [0.25, 0.3) is 0 Å². The molecule has 6 heteroatoms. The van der Waals surface area contributed by atoms with Gasteiger partial charge in [-0.05, 0) is 18.4 Å². The molecule has 1 saturated carbocycles. The highest BCUT2D eigenvalue weighted by Gasteiger charge is 2.32. The van der Waals surface area contributed by atoms with Gasteiger partial charge in [-0.25, -0.2) is 0 Å². The third-order valence-electron chi connectivity index (χ3n) is 3.29. The van der Waals surface area contributed by atoms with E-state index in [-0.39, 0.29) is 12.1 Å². The van der Waals surface area contributed by atoms with Crippen molar-refractivity contribution in [3.05, 3.63) is 35.9 Å². The molecule has 2 atom stereocenters. The van der Waals surface area contributed by atoms with Gasteiger partial charge in [-0.3, -0.25) is 0 Å². The summed E-state index contributed by atoms with van der Waals surface area (Å²) in [5.74, 6) is 0. The normalized spacial score (nSPS) is 23.9. The Morgan fingerprint density at radius 1 is 1.33 bits per heavy atom. The lowest BCUT2D eigenvalue weighted by Gasteiger charge is -2.35. The Morgan fingerprint density at radius 2 is 2.00 bits per heavy atom. The van der Waals surface area contributed by atoms with Crippen LogP contribution >= 0.6 is 0 Å². The van der Waals surface area contributed by atoms with E-state index >= 15 is 0 Å². The minimum Gasteiger partial charge on any atom is -0.326 e. The molecule has 3 N–H and O–H groups in total. The molecule has 18 heavy (non-hydrogen) atoms. The van der Waals surface area contributed by atoms with E-state index in [4.69, 9.17) is 5.73 Å². The minimum atomic E-state index is -3.45. The Bertz CT molecular complexity index is 489. The molecule has 0 heterocycles. The van der Waals surface area contributed by atoms with Crippen molar-refractivity contribution in [2.24, 2.45) is 5.73 Å². The lowest BCUT2D eigenvalue weighted by atomic mass is 9.88. The first-order valence-corrected chi connectivity index (χ1v) is 7.46. The number of nitrogens with zero attached hydrogens (tertiary/aromatic N) is 1. The number of rotatable bonds is 5. The van der Waals surface area contributed by atoms with E-state index in [0.717, 1.165) is 18.4 Å². The van der Waals surface area contributed by atoms with Crippen molar-refractivity contribution in [2.75, 3.05) is 7.05 Å². The zero-order valence-electron chi connectivity index (χ0n) is 10.4. The van der Waals surface area contributed by atoms with Crippen LogP contribution in [0.1, 0.15) is 18.4 Å². The van der Waals surface area contributed by atoms with E-state index in [1.807, 2.05) is 30.3 Å². The van der Waals surface area contributed by atoms with Gasteiger partial charge in [-0.1, -0.05) is 30.3 Å². The SMILES string of the molecule is CN(Cc1ccccc1)S(=O)(=O)N[C@H]1CC[C@H]1N. The second-order valence-corrected chi connectivity index (χ2v) is 6.52. The Labute approximate surface area is 108 Å². The average molecular weight is 269 g/mol. The summed E-state index contributed by atoms with van der Waals surface area (Å²) in [4.78, 5) is 0. The molecule has 1 aromatic carbocycles. The minimum absolute atomic E-state index is 0.0510. The molecule has 0 amide bonds. The summed E-state index contributed by atoms with van der Waals surface area (Å²) in [6.45, 7) is 0.359. The van der Waals surface area contributed by atoms with Crippen LogP contribution in [0, 0.1) is 0 Å². The van der Waals surface area contributed by atoms with Gasteiger partial charge in [0, 0.05) is 25.7 Å². The molecule has 1 aromatic rings. The molecular formula is C12H19N3O2S. The molecule has 0 spiro atoms. The molecule has 0 aliphatic heterocycles. The monoisotopic (exact) mass is 269 g/mol. The smallest absolute Gasteiger partial charge is 0.279 e. The molecule has 1 aliphatic rings. The third kappa shape index (κ3) is 3.08. The van der Waals surface area contributed by atoms with Gasteiger partial charge in [0.15, 0.2) is 0 Å². The third-order valence-corrected chi connectivity index (χ3v) is 4.84. The van der Waals surface area contributed by atoms with Crippen LogP contribution in [0.3, 0.4) is 0 Å². The highest BCUT2D eigenvalue weighted by molar-refractivity contribution is 7.87.